The van der Waals surface area contributed by atoms with Crippen molar-refractivity contribution in [3.63, 3.8) is 0 Å². The second-order valence-electron chi connectivity index (χ2n) is 43.6. The minimum Gasteiger partial charge on any atom is -0.390 e. The van der Waals surface area contributed by atoms with E-state index >= 15 is 0 Å². The van der Waals surface area contributed by atoms with Crippen molar-refractivity contribution in [1.29, 1.82) is 0 Å². The van der Waals surface area contributed by atoms with Gasteiger partial charge < -0.3 is 20.4 Å². The fourth-order valence-electron chi connectivity index (χ4n) is 33.4. The van der Waals surface area contributed by atoms with Gasteiger partial charge in [-0.1, -0.05) is 82.2 Å². The molecule has 4 aromatic heterocycles. The normalized spacial score (nSPS) is 46.2. The Labute approximate surface area is 700 Å². The van der Waals surface area contributed by atoms with Gasteiger partial charge in [-0.25, -0.2) is 13.2 Å². The van der Waals surface area contributed by atoms with Crippen LogP contribution in [-0.4, -0.2) is 126 Å². The zero-order valence-corrected chi connectivity index (χ0v) is 72.0. The molecule has 22 heteroatoms. The fourth-order valence-corrected chi connectivity index (χ4v) is 33.6. The first-order valence-electron chi connectivity index (χ1n) is 46.7. The van der Waals surface area contributed by atoms with Crippen LogP contribution in [0.3, 0.4) is 0 Å². The minimum absolute atomic E-state index is 0.271. The number of halogens is 4. The molecule has 0 aliphatic heterocycles. The molecule has 16 saturated carbocycles. The van der Waals surface area contributed by atoms with E-state index in [4.69, 9.17) is 11.6 Å². The van der Waals surface area contributed by atoms with Crippen molar-refractivity contribution >= 4 is 11.6 Å². The standard InChI is InChI=1S/C25H34ClN3O.C24H35F2N3O.C23H35FN4O.C23H36N4O/c1-17(16-29-27-13-14-28-29)22-5-6-23-21-4-3-18-15-25(30,11-12-26)10-8-19(18)20(21)7-9-24(22,23)2;1-15(14-29-27-11-12-28-29)20-5-6-21-19-4-3-16-13-24(30,22(25)26)10-8-17(16)18(19)7-9-23(20,21)2;1-15(12-28-26-14-25-27-28)20-5-6-21-19-4-3-16-11-23(29,13-24)10-8-17(16)18(19)7-9-22(20,21)2;1-15(13-27-25-14-24-26-27)20-6-7-21-19-5-4-16-12-22(2,28)10-8-17(16)18(19)9-11-23(20,21)3/h13-14,18-23,30H,1,3-10,15-16H2,2H3;11-12,16-22,30H,1,3-10,13-14H2,2H3;14,16-21,29H,1,3-13H2,2H3;14,16-21,28H,1,4-13H2,2-3H3/t18-,19+,20-,21-,22-,23+,24-,25+;16-,17+,18-,19-,20-,21+,23-,24-;2*16-,17+,18-,19-,20-,21+,22-,23-/m1111/s1. The van der Waals surface area contributed by atoms with Gasteiger partial charge in [-0.2, -0.15) is 39.6 Å². The quantitative estimate of drug-likeness (QED) is 0.0680. The summed E-state index contributed by atoms with van der Waals surface area (Å²) in [6.07, 6.45) is 47.5. The van der Waals surface area contributed by atoms with Gasteiger partial charge in [0.1, 0.15) is 17.9 Å². The minimum atomic E-state index is -2.61. The number of rotatable bonds is 14. The number of tetrazole rings is 2. The van der Waals surface area contributed by atoms with E-state index in [1.807, 2.05) is 0 Å². The van der Waals surface area contributed by atoms with E-state index in [1.54, 1.807) is 44.0 Å². The molecule has 0 radical (unpaired) electrons. The topological polar surface area (TPSA) is 230 Å². The molecule has 32 atom stereocenters. The number of hydrogen-bond acceptors (Lipinski definition) is 14. The first-order chi connectivity index (χ1) is 56.1. The van der Waals surface area contributed by atoms with Gasteiger partial charge >= 0.3 is 0 Å². The highest BCUT2D eigenvalue weighted by Crippen LogP contribution is 2.71. The molecule has 117 heavy (non-hydrogen) atoms. The molecule has 18 nitrogen and oxygen atoms in total. The zero-order valence-electron chi connectivity index (χ0n) is 71.3. The molecule has 4 aromatic rings. The highest BCUT2D eigenvalue weighted by Gasteiger charge is 2.64. The summed E-state index contributed by atoms with van der Waals surface area (Å²) in [5.41, 5.74) is 2.46. The Morgan fingerprint density at radius 3 is 1.08 bits per heavy atom. The maximum Gasteiger partial charge on any atom is 0.266 e. The number of hydrogen-bond donors (Lipinski definition) is 4. The van der Waals surface area contributed by atoms with Crippen molar-refractivity contribution in [2.75, 3.05) is 6.67 Å². The first kappa shape index (κ1) is 84.1. The van der Waals surface area contributed by atoms with E-state index < -0.39 is 35.5 Å². The Balaban J connectivity index is 0.000000112. The second-order valence-corrected chi connectivity index (χ2v) is 43.8. The summed E-state index contributed by atoms with van der Waals surface area (Å²) < 4.78 is 40.2. The molecule has 642 valence electrons. The smallest absolute Gasteiger partial charge is 0.266 e. The van der Waals surface area contributed by atoms with Gasteiger partial charge in [0, 0.05) is 5.38 Å². The maximum atomic E-state index is 13.4. The molecule has 0 bridgehead atoms. The molecule has 0 spiro atoms. The molecule has 16 fully saturated rings. The number of nitrogens with zero attached hydrogens (tertiary/aromatic N) is 14. The first-order valence-corrected chi connectivity index (χ1v) is 47.1. The average molecular weight is 1630 g/mol. The van der Waals surface area contributed by atoms with E-state index in [0.717, 1.165) is 135 Å². The zero-order chi connectivity index (χ0) is 81.8. The van der Waals surface area contributed by atoms with Crippen molar-refractivity contribution in [2.24, 2.45) is 164 Å². The number of allylic oxidation sites excluding steroid dienone is 4. The molecule has 0 saturated heterocycles. The Morgan fingerprint density at radius 2 is 0.718 bits per heavy atom. The van der Waals surface area contributed by atoms with E-state index in [-0.39, 0.29) is 17.8 Å². The van der Waals surface area contributed by atoms with Crippen LogP contribution in [0, 0.1) is 175 Å². The van der Waals surface area contributed by atoms with Crippen LogP contribution in [0.4, 0.5) is 13.2 Å². The summed E-state index contributed by atoms with van der Waals surface area (Å²) in [5, 5.41) is 86.0. The third kappa shape index (κ3) is 15.9. The predicted molar refractivity (Wildman–Crippen MR) is 446 cm³/mol. The van der Waals surface area contributed by atoms with Gasteiger partial charge in [0.2, 0.25) is 0 Å². The molecular formula is C95H140ClF3N14O4. The predicted octanol–water partition coefficient (Wildman–Crippen LogP) is 18.6. The molecule has 16 aliphatic carbocycles. The SMILES string of the molecule is C=C(Cn1nccn1)[C@H]1CC[C@H]2[C@@H]3CC[C@@H]4C[C@@](O)(C#CCl)CC[C@@H]4[C@H]3CC[C@]12C.C=C(Cn1nccn1)[C@H]1CC[C@H]2[C@@H]3CC[C@@H]4C[C@@](O)(C(F)F)CC[C@@H]4[C@H]3CC[C@]12C.C=C(Cn1ncnn1)[C@H]1CC[C@H]2[C@@H]3CC[C@@H]4C[C@@](O)(CF)CC[C@@H]4[C@H]3CC[C@]12C.C=C(Cn1ncnn1)[C@H]1CC[C@H]2[C@@H]3CC[C@@H]4C[C@](C)(O)CC[C@@H]4[C@H]3CC[C@]12C. The van der Waals surface area contributed by atoms with Crippen LogP contribution in [0.25, 0.3) is 0 Å². The van der Waals surface area contributed by atoms with Crippen molar-refractivity contribution in [3.8, 4) is 11.3 Å². The van der Waals surface area contributed by atoms with Crippen LogP contribution in [0.2, 0.25) is 0 Å². The summed E-state index contributed by atoms with van der Waals surface area (Å²) in [5.74, 6) is 19.7. The van der Waals surface area contributed by atoms with E-state index in [2.05, 4.69) is 123 Å². The van der Waals surface area contributed by atoms with Crippen LogP contribution in [0.15, 0.2) is 86.1 Å². The third-order valence-corrected chi connectivity index (χ3v) is 38.5. The largest absolute Gasteiger partial charge is 0.390 e. The molecular weight excluding hydrogens is 1490 g/mol. The summed E-state index contributed by atoms with van der Waals surface area (Å²) in [6, 6.07) is 0. The van der Waals surface area contributed by atoms with E-state index in [9.17, 15) is 33.6 Å². The van der Waals surface area contributed by atoms with Gasteiger partial charge in [0.15, 0.2) is 12.7 Å². The number of aliphatic hydroxyl groups is 4. The van der Waals surface area contributed by atoms with E-state index in [0.29, 0.717) is 120 Å². The lowest BCUT2D eigenvalue weighted by molar-refractivity contribution is -0.159. The lowest BCUT2D eigenvalue weighted by Crippen LogP contribution is -2.52. The van der Waals surface area contributed by atoms with Crippen molar-refractivity contribution in [1.82, 2.24) is 70.4 Å². The highest BCUT2D eigenvalue weighted by atomic mass is 35.5. The number of fused-ring (bicyclic) bond motifs is 20. The van der Waals surface area contributed by atoms with Crippen LogP contribution in [-0.2, 0) is 26.2 Å². The molecule has 0 aromatic carbocycles. The summed E-state index contributed by atoms with van der Waals surface area (Å²) in [6.45, 7) is 32.3. The Bertz CT molecular complexity index is 4170. The van der Waals surface area contributed by atoms with Gasteiger partial charge in [0.25, 0.3) is 6.43 Å². The monoisotopic (exact) mass is 1630 g/mol. The van der Waals surface area contributed by atoms with Crippen molar-refractivity contribution < 1.29 is 33.6 Å². The lowest BCUT2D eigenvalue weighted by Gasteiger charge is -2.57. The van der Waals surface area contributed by atoms with Crippen LogP contribution >= 0.6 is 11.6 Å². The van der Waals surface area contributed by atoms with Crippen LogP contribution < -0.4 is 0 Å². The Kier molecular flexibility index (Phi) is 23.8. The summed E-state index contributed by atoms with van der Waals surface area (Å²) in [4.78, 5) is 6.86. The highest BCUT2D eigenvalue weighted by molar-refractivity contribution is 6.30. The van der Waals surface area contributed by atoms with Gasteiger partial charge in [-0.3, -0.25) is 0 Å². The van der Waals surface area contributed by atoms with Crippen molar-refractivity contribution in [2.45, 2.75) is 321 Å². The number of alkyl halides is 3. The molecule has 20 rings (SSSR count). The van der Waals surface area contributed by atoms with Gasteiger partial charge in [-0.15, -0.1) is 20.4 Å². The van der Waals surface area contributed by atoms with Crippen molar-refractivity contribution in [3.05, 3.63) is 86.1 Å². The second kappa shape index (κ2) is 33.2. The van der Waals surface area contributed by atoms with E-state index in [1.165, 1.54) is 183 Å². The van der Waals surface area contributed by atoms with Crippen LogP contribution in [0.1, 0.15) is 266 Å². The van der Waals surface area contributed by atoms with Gasteiger partial charge in [-0.05, 0) is 424 Å². The van der Waals surface area contributed by atoms with Crippen LogP contribution in [0.5, 0.6) is 0 Å². The average Bonchev–Trinajstić information content (AvgIpc) is 1.66. The molecule has 4 heterocycles. The maximum absolute atomic E-state index is 13.4. The molecule has 16 aliphatic rings. The molecule has 4 N–H and O–H groups in total. The Morgan fingerprint density at radius 1 is 0.385 bits per heavy atom. The Hall–Kier alpha value is -5.14. The molecule has 0 unspecified atom stereocenters. The van der Waals surface area contributed by atoms with Gasteiger partial charge in [0.05, 0.1) is 62.2 Å². The lowest BCUT2D eigenvalue weighted by atomic mass is 9.48. The fraction of sp³-hybridized carbons (Fsp3) is 0.832. The summed E-state index contributed by atoms with van der Waals surface area (Å²) in [7, 11) is 0. The third-order valence-electron chi connectivity index (χ3n) is 38.4. The summed E-state index contributed by atoms with van der Waals surface area (Å²) >= 11 is 5.63. The molecule has 0 amide bonds. The number of aromatic nitrogens is 14.